The fourth-order valence-corrected chi connectivity index (χ4v) is 3.66. The van der Waals surface area contributed by atoms with Gasteiger partial charge in [0.05, 0.1) is 10.9 Å². The lowest BCUT2D eigenvalue weighted by atomic mass is 9.74. The van der Waals surface area contributed by atoms with Gasteiger partial charge >= 0.3 is 0 Å². The second kappa shape index (κ2) is 7.81. The Kier molecular flexibility index (Phi) is 6.23. The predicted molar refractivity (Wildman–Crippen MR) is 96.1 cm³/mol. The Bertz CT molecular complexity index is 608. The molecule has 0 saturated heterocycles. The number of carbonyl (C=O) groups is 1. The fraction of sp³-hybridized carbons (Fsp3) is 0.588. The second-order valence-electron chi connectivity index (χ2n) is 6.62. The molecule has 134 valence electrons. The third kappa shape index (κ3) is 4.08. The second-order valence-corrected chi connectivity index (χ2v) is 7.03. The van der Waals surface area contributed by atoms with Crippen molar-refractivity contribution < 1.29 is 14.3 Å². The maximum absolute atomic E-state index is 12.5. The zero-order valence-corrected chi connectivity index (χ0v) is 15.3. The summed E-state index contributed by atoms with van der Waals surface area (Å²) >= 11 is 6.22. The van der Waals surface area contributed by atoms with Crippen LogP contribution < -0.4 is 20.5 Å². The van der Waals surface area contributed by atoms with E-state index in [-0.39, 0.29) is 24.2 Å². The smallest absolute Gasteiger partial charge is 0.225 e. The number of hydrogen-bond donors (Lipinski definition) is 2. The molecule has 1 fully saturated rings. The molecule has 1 aliphatic carbocycles. The molecule has 0 radical (unpaired) electrons. The van der Waals surface area contributed by atoms with Crippen molar-refractivity contribution in [3.05, 3.63) is 22.7 Å². The third-order valence-electron chi connectivity index (χ3n) is 4.69. The number of nitrogens with two attached hydrogens (primary N) is 1. The lowest BCUT2D eigenvalue weighted by molar-refractivity contribution is -0.128. The normalized spacial score (nSPS) is 25.5. The Morgan fingerprint density at radius 2 is 2.12 bits per heavy atom. The van der Waals surface area contributed by atoms with Gasteiger partial charge in [-0.15, -0.1) is 12.4 Å². The van der Waals surface area contributed by atoms with Crippen LogP contribution in [0.3, 0.4) is 0 Å². The molecule has 1 saturated carbocycles. The molecule has 2 unspecified atom stereocenters. The number of fused-ring (bicyclic) bond motifs is 1. The highest BCUT2D eigenvalue weighted by molar-refractivity contribution is 6.32. The van der Waals surface area contributed by atoms with Crippen LogP contribution in [0.25, 0.3) is 0 Å². The van der Waals surface area contributed by atoms with Crippen LogP contribution in [0.5, 0.6) is 11.5 Å². The summed E-state index contributed by atoms with van der Waals surface area (Å²) in [4.78, 5) is 12.5. The van der Waals surface area contributed by atoms with E-state index in [0.29, 0.717) is 36.3 Å². The summed E-state index contributed by atoms with van der Waals surface area (Å²) in [6.07, 6.45) is 3.89. The lowest BCUT2D eigenvalue weighted by Gasteiger charge is -2.37. The fourth-order valence-electron chi connectivity index (χ4n) is 3.37. The van der Waals surface area contributed by atoms with Gasteiger partial charge in [-0.2, -0.15) is 0 Å². The molecule has 0 bridgehead atoms. The van der Waals surface area contributed by atoms with Crippen LogP contribution in [0.1, 0.15) is 38.2 Å². The topological polar surface area (TPSA) is 73.6 Å². The molecular weight excluding hydrogens is 351 g/mol. The largest absolute Gasteiger partial charge is 0.486 e. The third-order valence-corrected chi connectivity index (χ3v) is 4.97. The van der Waals surface area contributed by atoms with E-state index in [0.717, 1.165) is 31.2 Å². The van der Waals surface area contributed by atoms with E-state index in [9.17, 15) is 4.79 Å². The van der Waals surface area contributed by atoms with Crippen LogP contribution in [0.4, 0.5) is 0 Å². The Balaban J connectivity index is 0.00000208. The number of ether oxygens (including phenoxy) is 2. The van der Waals surface area contributed by atoms with Crippen molar-refractivity contribution in [1.29, 1.82) is 0 Å². The Hall–Kier alpha value is -1.17. The average molecular weight is 375 g/mol. The summed E-state index contributed by atoms with van der Waals surface area (Å²) in [5, 5.41) is 3.49. The number of amides is 1. The van der Waals surface area contributed by atoms with Gasteiger partial charge in [-0.25, -0.2) is 0 Å². The summed E-state index contributed by atoms with van der Waals surface area (Å²) < 4.78 is 11.1. The monoisotopic (exact) mass is 374 g/mol. The van der Waals surface area contributed by atoms with Crippen LogP contribution in [-0.4, -0.2) is 24.7 Å². The van der Waals surface area contributed by atoms with Gasteiger partial charge in [-0.1, -0.05) is 24.4 Å². The van der Waals surface area contributed by atoms with Crippen LogP contribution >= 0.6 is 24.0 Å². The van der Waals surface area contributed by atoms with Gasteiger partial charge in [0, 0.05) is 12.1 Å². The SMILES string of the molecule is CC1(N)CCCCC1C(=O)NCc1cc(Cl)c2c(c1)OCCO2.Cl. The quantitative estimate of drug-likeness (QED) is 0.852. The zero-order chi connectivity index (χ0) is 16.4. The Morgan fingerprint density at radius 1 is 1.38 bits per heavy atom. The highest BCUT2D eigenvalue weighted by atomic mass is 35.5. The molecule has 24 heavy (non-hydrogen) atoms. The molecule has 0 aromatic heterocycles. The van der Waals surface area contributed by atoms with Gasteiger partial charge in [-0.3, -0.25) is 4.79 Å². The van der Waals surface area contributed by atoms with Gasteiger partial charge in [0.1, 0.15) is 13.2 Å². The van der Waals surface area contributed by atoms with E-state index in [2.05, 4.69) is 5.32 Å². The minimum atomic E-state index is -0.424. The number of benzene rings is 1. The maximum Gasteiger partial charge on any atom is 0.225 e. The van der Waals surface area contributed by atoms with E-state index in [1.165, 1.54) is 0 Å². The molecule has 1 amide bonds. The lowest BCUT2D eigenvalue weighted by Crippen LogP contribution is -2.52. The molecule has 3 rings (SSSR count). The summed E-state index contributed by atoms with van der Waals surface area (Å²) in [5.74, 6) is 1.09. The molecular formula is C17H24Cl2N2O3. The molecule has 0 spiro atoms. The molecule has 1 aromatic carbocycles. The van der Waals surface area contributed by atoms with E-state index >= 15 is 0 Å². The predicted octanol–water partition coefficient (Wildman–Crippen LogP) is 3.06. The summed E-state index contributed by atoms with van der Waals surface area (Å²) in [6.45, 7) is 3.38. The van der Waals surface area contributed by atoms with Crippen LogP contribution in [0.2, 0.25) is 5.02 Å². The van der Waals surface area contributed by atoms with Crippen LogP contribution in [0.15, 0.2) is 12.1 Å². The number of hydrogen-bond acceptors (Lipinski definition) is 4. The first-order valence-electron chi connectivity index (χ1n) is 8.12. The Labute approximate surface area is 153 Å². The Morgan fingerprint density at radius 3 is 2.88 bits per heavy atom. The maximum atomic E-state index is 12.5. The van der Waals surface area contributed by atoms with Crippen molar-refractivity contribution in [1.82, 2.24) is 5.32 Å². The molecule has 2 atom stereocenters. The van der Waals surface area contributed by atoms with E-state index in [4.69, 9.17) is 26.8 Å². The number of nitrogens with one attached hydrogen (secondary N) is 1. The number of carbonyl (C=O) groups excluding carboxylic acids is 1. The molecule has 3 N–H and O–H groups in total. The minimum absolute atomic E-state index is 0. The summed E-state index contributed by atoms with van der Waals surface area (Å²) in [5.41, 5.74) is 6.76. The van der Waals surface area contributed by atoms with Gasteiger partial charge in [0.25, 0.3) is 0 Å². The summed E-state index contributed by atoms with van der Waals surface area (Å²) in [6, 6.07) is 3.67. The molecule has 7 heteroatoms. The molecule has 1 heterocycles. The van der Waals surface area contributed by atoms with Gasteiger partial charge in [-0.05, 0) is 37.5 Å². The van der Waals surface area contributed by atoms with Crippen molar-refractivity contribution >= 4 is 29.9 Å². The van der Waals surface area contributed by atoms with E-state index in [1.807, 2.05) is 13.0 Å². The number of rotatable bonds is 3. The van der Waals surface area contributed by atoms with Gasteiger partial charge < -0.3 is 20.5 Å². The van der Waals surface area contributed by atoms with Crippen molar-refractivity contribution in [2.24, 2.45) is 11.7 Å². The first-order chi connectivity index (χ1) is 11.0. The van der Waals surface area contributed by atoms with Crippen molar-refractivity contribution in [3.63, 3.8) is 0 Å². The minimum Gasteiger partial charge on any atom is -0.486 e. The van der Waals surface area contributed by atoms with Crippen molar-refractivity contribution in [3.8, 4) is 11.5 Å². The first kappa shape index (κ1) is 19.2. The highest BCUT2D eigenvalue weighted by Gasteiger charge is 2.37. The van der Waals surface area contributed by atoms with E-state index < -0.39 is 5.54 Å². The first-order valence-corrected chi connectivity index (χ1v) is 8.50. The molecule has 5 nitrogen and oxygen atoms in total. The number of halogens is 2. The zero-order valence-electron chi connectivity index (χ0n) is 13.8. The van der Waals surface area contributed by atoms with Gasteiger partial charge in [0.2, 0.25) is 5.91 Å². The van der Waals surface area contributed by atoms with Gasteiger partial charge in [0.15, 0.2) is 11.5 Å². The average Bonchev–Trinajstić information content (AvgIpc) is 2.52. The summed E-state index contributed by atoms with van der Waals surface area (Å²) in [7, 11) is 0. The molecule has 1 aromatic rings. The standard InChI is InChI=1S/C17H23ClN2O3.ClH/c1-17(19)5-3-2-4-12(17)16(21)20-10-11-8-13(18)15-14(9-11)22-6-7-23-15;/h8-9,12H,2-7,10,19H2,1H3,(H,20,21);1H. The van der Waals surface area contributed by atoms with E-state index in [1.54, 1.807) is 6.07 Å². The molecule has 2 aliphatic rings. The molecule has 1 aliphatic heterocycles. The van der Waals surface area contributed by atoms with Crippen LogP contribution in [0, 0.1) is 5.92 Å². The van der Waals surface area contributed by atoms with Crippen molar-refractivity contribution in [2.75, 3.05) is 13.2 Å². The van der Waals surface area contributed by atoms with Crippen LogP contribution in [-0.2, 0) is 11.3 Å². The highest BCUT2D eigenvalue weighted by Crippen LogP contribution is 2.38. The van der Waals surface area contributed by atoms with Crippen molar-refractivity contribution in [2.45, 2.75) is 44.7 Å².